The number of H-pyrrole nitrogens is 1. The number of alkyl halides is 3. The number of aryl methyl sites for hydroxylation is 2. The minimum absolute atomic E-state index is 0.0383. The largest absolute Gasteiger partial charge is 0.493 e. The van der Waals surface area contributed by atoms with Gasteiger partial charge in [-0.2, -0.15) is 23.4 Å². The van der Waals surface area contributed by atoms with E-state index >= 15 is 0 Å². The Kier molecular flexibility index (Phi) is 10.9. The van der Waals surface area contributed by atoms with Crippen molar-refractivity contribution in [2.75, 3.05) is 36.7 Å². The number of hydrogen-bond acceptors (Lipinski definition) is 12. The lowest BCUT2D eigenvalue weighted by Gasteiger charge is -2.33. The third kappa shape index (κ3) is 8.32. The molecule has 19 heteroatoms. The Labute approximate surface area is 344 Å². The third-order valence-electron chi connectivity index (χ3n) is 10.5. The summed E-state index contributed by atoms with van der Waals surface area (Å²) in [6, 6.07) is 14.7. The summed E-state index contributed by atoms with van der Waals surface area (Å²) in [5.41, 5.74) is 7.29. The molecule has 9 rings (SSSR count). The molecule has 0 amide bonds. The van der Waals surface area contributed by atoms with E-state index in [1.165, 1.54) is 36.7 Å². The van der Waals surface area contributed by atoms with Crippen molar-refractivity contribution in [3.05, 3.63) is 129 Å². The topological polar surface area (TPSA) is 180 Å². The van der Waals surface area contributed by atoms with Crippen molar-refractivity contribution in [2.45, 2.75) is 50.6 Å². The zero-order valence-electron chi connectivity index (χ0n) is 33.1. The van der Waals surface area contributed by atoms with Crippen LogP contribution in [0, 0.1) is 18.6 Å². The number of hydrogen-bond donors (Lipinski definition) is 4. The van der Waals surface area contributed by atoms with E-state index in [4.69, 9.17) is 19.9 Å². The van der Waals surface area contributed by atoms with E-state index in [1.807, 2.05) is 0 Å². The van der Waals surface area contributed by atoms with E-state index in [0.717, 1.165) is 24.1 Å². The van der Waals surface area contributed by atoms with E-state index in [-0.39, 0.29) is 23.0 Å². The number of methoxy groups -OCH3 is 1. The molecule has 0 saturated carbocycles. The Morgan fingerprint density at radius 1 is 1.00 bits per heavy atom. The molecule has 4 atom stereocenters. The Hall–Kier alpha value is -6.89. The number of ether oxygens (including phenoxy) is 3. The molecule has 0 spiro atoms. The summed E-state index contributed by atoms with van der Waals surface area (Å²) in [7, 11) is 3.31. The van der Waals surface area contributed by atoms with Gasteiger partial charge in [0.15, 0.2) is 11.5 Å². The Morgan fingerprint density at radius 2 is 1.79 bits per heavy atom. The standard InChI is InChI=1S/C23H25F3N4O3.C19H14F2N6O/c1-12(14-6-15(23(24,25)26)8-16(27)7-14)28-22-18-9-21(33-17-4-5-32-11-17)20(31-3)10-19(18)29-13(2)30-22;1-27-18(22-8-23-27)15-16(9-2-4-10(20)5-3-9)24-13-7-11(21)6-12-14(13)17(15)25-26-19(12)28/h6-10,12,17H,4-5,11,27H2,1-3H3,(H,28,29,30);2-8,15-16,24H,1H3,(H,26,28)/t;15-,16-/m.1/s1. The van der Waals surface area contributed by atoms with Crippen molar-refractivity contribution in [3.63, 3.8) is 0 Å². The molecule has 2 aliphatic rings. The number of nitrogens with two attached hydrogens (primary N) is 1. The van der Waals surface area contributed by atoms with Gasteiger partial charge >= 0.3 is 6.18 Å². The molecule has 7 aromatic rings. The van der Waals surface area contributed by atoms with Crippen LogP contribution < -0.4 is 31.4 Å². The fourth-order valence-corrected chi connectivity index (χ4v) is 7.62. The maximum absolute atomic E-state index is 14.1. The van der Waals surface area contributed by atoms with Crippen LogP contribution in [-0.2, 0) is 18.0 Å². The van der Waals surface area contributed by atoms with Gasteiger partial charge in [0.05, 0.1) is 60.5 Å². The first-order valence-electron chi connectivity index (χ1n) is 19.1. The second-order valence-corrected chi connectivity index (χ2v) is 14.7. The van der Waals surface area contributed by atoms with Crippen LogP contribution in [0.5, 0.6) is 11.5 Å². The van der Waals surface area contributed by atoms with Crippen molar-refractivity contribution in [1.82, 2.24) is 34.9 Å². The summed E-state index contributed by atoms with van der Waals surface area (Å²) in [6.07, 6.45) is -2.38. The minimum Gasteiger partial charge on any atom is -0.493 e. The monoisotopic (exact) mass is 842 g/mol. The van der Waals surface area contributed by atoms with E-state index in [9.17, 15) is 26.7 Å². The van der Waals surface area contributed by atoms with Gasteiger partial charge in [-0.1, -0.05) is 12.1 Å². The van der Waals surface area contributed by atoms with Crippen LogP contribution in [0.1, 0.15) is 65.4 Å². The summed E-state index contributed by atoms with van der Waals surface area (Å²) in [5, 5.41) is 18.8. The van der Waals surface area contributed by atoms with Crippen LogP contribution in [0.25, 0.3) is 21.7 Å². The third-order valence-corrected chi connectivity index (χ3v) is 10.5. The number of nitrogen functional groups attached to an aromatic ring is 1. The van der Waals surface area contributed by atoms with Crippen LogP contribution in [0.2, 0.25) is 0 Å². The molecule has 4 aromatic carbocycles. The first-order valence-corrected chi connectivity index (χ1v) is 19.1. The van der Waals surface area contributed by atoms with Gasteiger partial charge in [-0.15, -0.1) is 0 Å². The number of anilines is 3. The zero-order chi connectivity index (χ0) is 43.2. The summed E-state index contributed by atoms with van der Waals surface area (Å²) in [6.45, 7) is 4.61. The highest BCUT2D eigenvalue weighted by molar-refractivity contribution is 5.97. The van der Waals surface area contributed by atoms with Crippen molar-refractivity contribution in [2.24, 2.45) is 7.05 Å². The SMILES string of the molecule is COc1cc2nc(C)nc(NC(C)c3cc(N)cc(C(F)(F)F)c3)c2cc1OC1CCOC1.Cn1ncnc1[C@H]1c2n[nH]c(=O)c3cc(F)cc(c23)N[C@@H]1c1ccc(F)cc1. The highest BCUT2D eigenvalue weighted by Gasteiger charge is 2.38. The van der Waals surface area contributed by atoms with Gasteiger partial charge in [-0.05, 0) is 73.5 Å². The van der Waals surface area contributed by atoms with Gasteiger partial charge in [-0.25, -0.2) is 28.8 Å². The molecule has 2 aliphatic heterocycles. The maximum atomic E-state index is 14.1. The van der Waals surface area contributed by atoms with Crippen molar-refractivity contribution < 1.29 is 36.2 Å². The summed E-state index contributed by atoms with van der Waals surface area (Å²) >= 11 is 0. The predicted molar refractivity (Wildman–Crippen MR) is 217 cm³/mol. The van der Waals surface area contributed by atoms with E-state index in [2.05, 4.69) is 40.9 Å². The molecule has 1 saturated heterocycles. The summed E-state index contributed by atoms with van der Waals surface area (Å²) in [5.74, 6) is 1.30. The highest BCUT2D eigenvalue weighted by Crippen LogP contribution is 2.46. The number of fused-ring (bicyclic) bond motifs is 1. The molecule has 0 aliphatic carbocycles. The number of aromatic amines is 1. The maximum Gasteiger partial charge on any atom is 0.416 e. The van der Waals surface area contributed by atoms with Crippen molar-refractivity contribution in [3.8, 4) is 11.5 Å². The molecule has 316 valence electrons. The number of rotatable bonds is 8. The Bertz CT molecular complexity index is 2810. The van der Waals surface area contributed by atoms with Gasteiger partial charge < -0.3 is 30.6 Å². The molecule has 0 bridgehead atoms. The van der Waals surface area contributed by atoms with Gasteiger partial charge in [0.25, 0.3) is 5.56 Å². The van der Waals surface area contributed by atoms with Crippen LogP contribution in [-0.4, -0.2) is 61.4 Å². The highest BCUT2D eigenvalue weighted by atomic mass is 19.4. The number of nitrogens with zero attached hydrogens (tertiary/aromatic N) is 6. The smallest absolute Gasteiger partial charge is 0.416 e. The predicted octanol–water partition coefficient (Wildman–Crippen LogP) is 7.52. The molecule has 5 N–H and O–H groups in total. The lowest BCUT2D eigenvalue weighted by atomic mass is 9.83. The molecule has 1 fully saturated rings. The molecular weight excluding hydrogens is 804 g/mol. The van der Waals surface area contributed by atoms with Crippen LogP contribution in [0.3, 0.4) is 0 Å². The summed E-state index contributed by atoms with van der Waals surface area (Å²) < 4.78 is 85.9. The van der Waals surface area contributed by atoms with E-state index in [0.29, 0.717) is 75.4 Å². The molecule has 3 aromatic heterocycles. The second kappa shape index (κ2) is 16.3. The number of nitrogens with one attached hydrogen (secondary N) is 3. The second-order valence-electron chi connectivity index (χ2n) is 14.7. The summed E-state index contributed by atoms with van der Waals surface area (Å²) in [4.78, 5) is 25.6. The molecule has 5 heterocycles. The van der Waals surface area contributed by atoms with E-state index in [1.54, 1.807) is 57.0 Å². The quantitative estimate of drug-likeness (QED) is 0.0875. The van der Waals surface area contributed by atoms with Crippen LogP contribution in [0.15, 0.2) is 77.9 Å². The lowest BCUT2D eigenvalue weighted by Crippen LogP contribution is -2.30. The fraction of sp³-hybridized carbons (Fsp3) is 0.286. The Morgan fingerprint density at radius 3 is 2.48 bits per heavy atom. The van der Waals surface area contributed by atoms with Gasteiger partial charge in [0.1, 0.15) is 41.5 Å². The fourth-order valence-electron chi connectivity index (χ4n) is 7.62. The number of halogens is 5. The molecule has 0 radical (unpaired) electrons. The normalized spacial score (nSPS) is 17.7. The lowest BCUT2D eigenvalue weighted by molar-refractivity contribution is -0.137. The molecular formula is C42H39F5N10O4. The molecule has 61 heavy (non-hydrogen) atoms. The Balaban J connectivity index is 0.000000170. The van der Waals surface area contributed by atoms with E-state index < -0.39 is 41.1 Å². The van der Waals surface area contributed by atoms with Gasteiger partial charge in [0.2, 0.25) is 0 Å². The van der Waals surface area contributed by atoms with Gasteiger partial charge in [0, 0.05) is 41.7 Å². The van der Waals surface area contributed by atoms with Crippen LogP contribution >= 0.6 is 0 Å². The zero-order valence-corrected chi connectivity index (χ0v) is 33.1. The molecule has 14 nitrogen and oxygen atoms in total. The number of benzene rings is 4. The van der Waals surface area contributed by atoms with Crippen molar-refractivity contribution in [1.29, 1.82) is 0 Å². The molecule has 2 unspecified atom stereocenters. The average molecular weight is 843 g/mol. The van der Waals surface area contributed by atoms with Crippen molar-refractivity contribution >= 4 is 38.9 Å². The first-order chi connectivity index (χ1) is 29.2. The minimum atomic E-state index is -4.49. The van der Waals surface area contributed by atoms with Gasteiger partial charge in [-0.3, -0.25) is 9.48 Å². The average Bonchev–Trinajstić information content (AvgIpc) is 3.90. The van der Waals surface area contributed by atoms with Crippen LogP contribution in [0.4, 0.5) is 39.1 Å². The first kappa shape index (κ1) is 40.9. The number of aromatic nitrogens is 7.